The van der Waals surface area contributed by atoms with Crippen molar-refractivity contribution in [1.29, 1.82) is 0 Å². The molecule has 0 aromatic heterocycles. The van der Waals surface area contributed by atoms with Gasteiger partial charge in [-0.25, -0.2) is 4.79 Å². The van der Waals surface area contributed by atoms with Crippen molar-refractivity contribution in [2.75, 3.05) is 108 Å². The Morgan fingerprint density at radius 2 is 1.25 bits per heavy atom. The molecule has 65 heavy (non-hydrogen) atoms. The number of likely N-dealkylation sites (N-methyl/N-ethyl adjacent to an activating group) is 3. The second kappa shape index (κ2) is 56.1. The maximum atomic E-state index is 11.6. The highest BCUT2D eigenvalue weighted by molar-refractivity contribution is 5.80. The van der Waals surface area contributed by atoms with Crippen molar-refractivity contribution in [3.63, 3.8) is 0 Å². The van der Waals surface area contributed by atoms with Gasteiger partial charge in [-0.3, -0.25) is 14.4 Å². The zero-order valence-corrected chi connectivity index (χ0v) is 42.2. The van der Waals surface area contributed by atoms with E-state index in [4.69, 9.17) is 35.2 Å². The average Bonchev–Trinajstić information content (AvgIpc) is 3.29. The van der Waals surface area contributed by atoms with Crippen LogP contribution in [0.2, 0.25) is 0 Å². The molecule has 0 aliphatic heterocycles. The first kappa shape index (κ1) is 69.9. The van der Waals surface area contributed by atoms with Gasteiger partial charge in [0.15, 0.2) is 0 Å². The first-order valence-corrected chi connectivity index (χ1v) is 22.8. The first-order valence-electron chi connectivity index (χ1n) is 22.8. The summed E-state index contributed by atoms with van der Waals surface area (Å²) in [7, 11) is 9.50. The van der Waals surface area contributed by atoms with Gasteiger partial charge in [0, 0.05) is 26.4 Å². The zero-order chi connectivity index (χ0) is 50.5. The smallest absolute Gasteiger partial charge is 0.312 e. The zero-order valence-electron chi connectivity index (χ0n) is 42.2. The standard InChI is InChI=1S/C17H34N2O6.C9H20N2O.C9H10O2.C7H16N4O2.2C2H6/c1-15(2)16(14-20)19-17(21)4-6-22-8-10-24-12-13-25-11-9-23-7-5-18-3;1-10-9(8-12)6-4-5-7-11(2)3;1-8(10)11-7-9-5-3-2-4-6-9;1-10-5(6(8)12)3-2-4-11-7(9)13;2*1-2/h14-16,18H,4-13H2,1-3H3,(H,19,21);8-10H,4-7H2,1-3H3;2-6H,7H2,1H3;5,10H,2-4H2,1H3,(H2,8,12)(H3,9,11,13);2*1-2H3. The summed E-state index contributed by atoms with van der Waals surface area (Å²) in [6.07, 6.45) is 6.45. The summed E-state index contributed by atoms with van der Waals surface area (Å²) in [5, 5.41) is 13.8. The Morgan fingerprint density at radius 3 is 1.66 bits per heavy atom. The fraction of sp³-hybridized carbons (Fsp3) is 0.739. The van der Waals surface area contributed by atoms with E-state index < -0.39 is 12.1 Å². The van der Waals surface area contributed by atoms with Crippen LogP contribution in [-0.2, 0) is 54.3 Å². The largest absolute Gasteiger partial charge is 0.461 e. The predicted octanol–water partition coefficient (Wildman–Crippen LogP) is 2.82. The Morgan fingerprint density at radius 1 is 0.708 bits per heavy atom. The van der Waals surface area contributed by atoms with Gasteiger partial charge in [0.05, 0.1) is 71.0 Å². The molecule has 19 nitrogen and oxygen atoms in total. The second-order valence-corrected chi connectivity index (χ2v) is 14.0. The van der Waals surface area contributed by atoms with Crippen molar-refractivity contribution < 1.29 is 52.5 Å². The molecule has 19 heteroatoms. The summed E-state index contributed by atoms with van der Waals surface area (Å²) >= 11 is 0. The molecule has 0 saturated heterocycles. The minimum Gasteiger partial charge on any atom is -0.461 e. The summed E-state index contributed by atoms with van der Waals surface area (Å²) in [6, 6.07) is 8.31. The summed E-state index contributed by atoms with van der Waals surface area (Å²) in [6.45, 7) is 19.9. The summed E-state index contributed by atoms with van der Waals surface area (Å²) in [5.74, 6) is -0.731. The molecule has 1 rings (SSSR count). The number of urea groups is 1. The number of ether oxygens (including phenoxy) is 5. The molecule has 382 valence electrons. The van der Waals surface area contributed by atoms with Crippen molar-refractivity contribution in [1.82, 2.24) is 31.5 Å². The molecule has 1 aromatic rings. The van der Waals surface area contributed by atoms with Crippen molar-refractivity contribution in [3.8, 4) is 0 Å². The molecular weight excluding hydrogens is 841 g/mol. The van der Waals surface area contributed by atoms with Gasteiger partial charge >= 0.3 is 12.0 Å². The molecule has 0 fully saturated rings. The van der Waals surface area contributed by atoms with Crippen LogP contribution in [0.25, 0.3) is 0 Å². The number of hydrogen-bond acceptors (Lipinski definition) is 15. The van der Waals surface area contributed by atoms with Crippen LogP contribution >= 0.6 is 0 Å². The quantitative estimate of drug-likeness (QED) is 0.0304. The molecule has 3 unspecified atom stereocenters. The van der Waals surface area contributed by atoms with E-state index >= 15 is 0 Å². The number of rotatable bonds is 33. The highest BCUT2D eigenvalue weighted by atomic mass is 16.6. The van der Waals surface area contributed by atoms with Gasteiger partial charge in [0.2, 0.25) is 11.8 Å². The third-order valence-corrected chi connectivity index (χ3v) is 8.13. The normalized spacial score (nSPS) is 11.4. The number of nitrogens with zero attached hydrogens (tertiary/aromatic N) is 1. The van der Waals surface area contributed by atoms with Crippen LogP contribution in [0, 0.1) is 5.92 Å². The molecule has 0 bridgehead atoms. The van der Waals surface area contributed by atoms with Gasteiger partial charge in [-0.1, -0.05) is 78.3 Å². The van der Waals surface area contributed by atoms with E-state index in [1.54, 1.807) is 7.05 Å². The van der Waals surface area contributed by atoms with Crippen LogP contribution in [0.4, 0.5) is 4.79 Å². The molecular formula is C46H92N8O11. The average molecular weight is 933 g/mol. The Bertz CT molecular complexity index is 1220. The van der Waals surface area contributed by atoms with Crippen molar-refractivity contribution in [2.24, 2.45) is 17.4 Å². The molecule has 0 aliphatic carbocycles. The lowest BCUT2D eigenvalue weighted by Gasteiger charge is -2.16. The van der Waals surface area contributed by atoms with Crippen LogP contribution in [0.15, 0.2) is 30.3 Å². The number of unbranched alkanes of at least 4 members (excludes halogenated alkanes) is 1. The second-order valence-electron chi connectivity index (χ2n) is 14.0. The fourth-order valence-electron chi connectivity index (χ4n) is 4.50. The third-order valence-electron chi connectivity index (χ3n) is 8.13. The van der Waals surface area contributed by atoms with Crippen LogP contribution in [0.3, 0.4) is 0 Å². The molecule has 0 aliphatic rings. The van der Waals surface area contributed by atoms with Crippen LogP contribution < -0.4 is 38.1 Å². The fourth-order valence-corrected chi connectivity index (χ4v) is 4.50. The highest BCUT2D eigenvalue weighted by Crippen LogP contribution is 2.01. The maximum absolute atomic E-state index is 11.6. The molecule has 0 saturated carbocycles. The Hall–Kier alpha value is -4.08. The number of benzene rings is 1. The van der Waals surface area contributed by atoms with Gasteiger partial charge in [0.25, 0.3) is 0 Å². The van der Waals surface area contributed by atoms with Crippen LogP contribution in [-0.4, -0.2) is 167 Å². The number of carbonyl (C=O) groups excluding carboxylic acids is 6. The molecule has 0 radical (unpaired) electrons. The van der Waals surface area contributed by atoms with E-state index in [1.165, 1.54) is 13.3 Å². The summed E-state index contributed by atoms with van der Waals surface area (Å²) in [4.78, 5) is 66.3. The first-order chi connectivity index (χ1) is 31.2. The summed E-state index contributed by atoms with van der Waals surface area (Å²) in [5.41, 5.74) is 10.9. The molecule has 0 spiro atoms. The van der Waals surface area contributed by atoms with E-state index in [0.29, 0.717) is 78.8 Å². The van der Waals surface area contributed by atoms with Gasteiger partial charge in [-0.05, 0) is 78.9 Å². The van der Waals surface area contributed by atoms with Gasteiger partial charge in [-0.15, -0.1) is 0 Å². The lowest BCUT2D eigenvalue weighted by atomic mass is 10.1. The lowest BCUT2D eigenvalue weighted by Crippen LogP contribution is -2.40. The number of aldehydes is 2. The van der Waals surface area contributed by atoms with Gasteiger partial charge in [-0.2, -0.15) is 0 Å². The number of nitrogens with one attached hydrogen (secondary N) is 5. The van der Waals surface area contributed by atoms with E-state index in [-0.39, 0.29) is 42.2 Å². The molecule has 1 aromatic carbocycles. The topological polar surface area (TPSA) is 264 Å². The van der Waals surface area contributed by atoms with E-state index in [2.05, 4.69) is 45.6 Å². The number of carbonyl (C=O) groups is 6. The minimum absolute atomic E-state index is 0.0483. The Balaban J connectivity index is -0.000000255. The maximum Gasteiger partial charge on any atom is 0.312 e. The number of amides is 4. The Labute approximate surface area is 392 Å². The van der Waals surface area contributed by atoms with Crippen LogP contribution in [0.5, 0.6) is 0 Å². The third kappa shape index (κ3) is 57.9. The van der Waals surface area contributed by atoms with Crippen molar-refractivity contribution in [3.05, 3.63) is 35.9 Å². The number of primary amides is 2. The van der Waals surface area contributed by atoms with Crippen molar-refractivity contribution in [2.45, 2.75) is 112 Å². The van der Waals surface area contributed by atoms with E-state index in [9.17, 15) is 28.8 Å². The SMILES string of the molecule is CC.CC.CC(=O)OCc1ccccc1.CNC(C=O)CCCCN(C)C.CNC(CCCNC(N)=O)C(N)=O.CNCCOCCOCCOCCOCCC(=O)NC(C=O)C(C)C. The number of esters is 1. The Kier molecular flexibility index (Phi) is 60.3. The number of nitrogens with two attached hydrogens (primary N) is 2. The highest BCUT2D eigenvalue weighted by Gasteiger charge is 2.14. The minimum atomic E-state index is -0.555. The molecule has 0 heterocycles. The van der Waals surface area contributed by atoms with Gasteiger partial charge < -0.3 is 76.2 Å². The predicted molar refractivity (Wildman–Crippen MR) is 259 cm³/mol. The molecule has 4 amide bonds. The number of hydrogen-bond donors (Lipinski definition) is 7. The van der Waals surface area contributed by atoms with E-state index in [1.807, 2.05) is 86.0 Å². The van der Waals surface area contributed by atoms with E-state index in [0.717, 1.165) is 44.1 Å². The van der Waals surface area contributed by atoms with Crippen molar-refractivity contribution >= 4 is 36.4 Å². The lowest BCUT2D eigenvalue weighted by molar-refractivity contribution is -0.142. The molecule has 3 atom stereocenters. The van der Waals surface area contributed by atoms with Gasteiger partial charge in [0.1, 0.15) is 19.2 Å². The van der Waals surface area contributed by atoms with Crippen LogP contribution in [0.1, 0.15) is 92.6 Å². The summed E-state index contributed by atoms with van der Waals surface area (Å²) < 4.78 is 26.1. The molecule has 9 N–H and O–H groups in total. The monoisotopic (exact) mass is 933 g/mol.